The molecular weight excluding hydrogens is 170 g/mol. The summed E-state index contributed by atoms with van der Waals surface area (Å²) >= 11 is 0. The SMILES string of the molecule is Cc1c(OCCO)ccnc1CO. The van der Waals surface area contributed by atoms with Gasteiger partial charge in [-0.3, -0.25) is 4.98 Å². The lowest BCUT2D eigenvalue weighted by Gasteiger charge is -2.09. The number of ether oxygens (including phenoxy) is 1. The Morgan fingerprint density at radius 1 is 1.46 bits per heavy atom. The molecule has 0 saturated carbocycles. The summed E-state index contributed by atoms with van der Waals surface area (Å²) in [5, 5.41) is 17.5. The van der Waals surface area contributed by atoms with Crippen molar-refractivity contribution in [1.29, 1.82) is 0 Å². The summed E-state index contributed by atoms with van der Waals surface area (Å²) in [4.78, 5) is 3.97. The summed E-state index contributed by atoms with van der Waals surface area (Å²) < 4.78 is 5.23. The van der Waals surface area contributed by atoms with Gasteiger partial charge in [-0.2, -0.15) is 0 Å². The first-order valence-corrected chi connectivity index (χ1v) is 4.08. The van der Waals surface area contributed by atoms with Crippen molar-refractivity contribution >= 4 is 0 Å². The fourth-order valence-corrected chi connectivity index (χ4v) is 1.03. The van der Waals surface area contributed by atoms with Crippen molar-refractivity contribution in [2.75, 3.05) is 13.2 Å². The lowest BCUT2D eigenvalue weighted by atomic mass is 10.2. The quantitative estimate of drug-likeness (QED) is 0.702. The Bertz CT molecular complexity index is 276. The normalized spacial score (nSPS) is 10.1. The molecule has 0 aliphatic rings. The summed E-state index contributed by atoms with van der Waals surface area (Å²) in [6.07, 6.45) is 1.57. The minimum absolute atomic E-state index is 0.0176. The number of hydrogen-bond donors (Lipinski definition) is 2. The molecule has 0 fully saturated rings. The molecule has 0 bridgehead atoms. The maximum Gasteiger partial charge on any atom is 0.125 e. The van der Waals surface area contributed by atoms with Crippen molar-refractivity contribution in [2.24, 2.45) is 0 Å². The van der Waals surface area contributed by atoms with Crippen LogP contribution in [0.3, 0.4) is 0 Å². The van der Waals surface area contributed by atoms with Crippen LogP contribution in [0.25, 0.3) is 0 Å². The summed E-state index contributed by atoms with van der Waals surface area (Å²) in [6, 6.07) is 1.71. The summed E-state index contributed by atoms with van der Waals surface area (Å²) in [6.45, 7) is 1.97. The predicted molar refractivity (Wildman–Crippen MR) is 47.5 cm³/mol. The maximum atomic E-state index is 8.90. The van der Waals surface area contributed by atoms with Gasteiger partial charge in [-0.1, -0.05) is 0 Å². The highest BCUT2D eigenvalue weighted by Crippen LogP contribution is 2.18. The van der Waals surface area contributed by atoms with E-state index < -0.39 is 0 Å². The van der Waals surface area contributed by atoms with Crippen LogP contribution in [0.5, 0.6) is 5.75 Å². The van der Waals surface area contributed by atoms with E-state index in [2.05, 4.69) is 4.98 Å². The van der Waals surface area contributed by atoms with E-state index in [-0.39, 0.29) is 19.8 Å². The Labute approximate surface area is 76.8 Å². The van der Waals surface area contributed by atoms with E-state index in [4.69, 9.17) is 14.9 Å². The molecular formula is C9H13NO3. The van der Waals surface area contributed by atoms with E-state index in [0.717, 1.165) is 5.56 Å². The molecule has 4 nitrogen and oxygen atoms in total. The van der Waals surface area contributed by atoms with Crippen molar-refractivity contribution in [3.05, 3.63) is 23.5 Å². The Morgan fingerprint density at radius 2 is 2.23 bits per heavy atom. The monoisotopic (exact) mass is 183 g/mol. The average Bonchev–Trinajstić information content (AvgIpc) is 2.16. The highest BCUT2D eigenvalue weighted by molar-refractivity contribution is 5.34. The van der Waals surface area contributed by atoms with Gasteiger partial charge in [-0.15, -0.1) is 0 Å². The zero-order valence-corrected chi connectivity index (χ0v) is 7.53. The first-order chi connectivity index (χ1) is 6.29. The van der Waals surface area contributed by atoms with Crippen LogP contribution in [0.2, 0.25) is 0 Å². The second kappa shape index (κ2) is 4.79. The number of aliphatic hydroxyl groups is 2. The number of pyridine rings is 1. The molecule has 0 aliphatic carbocycles. The number of aromatic nitrogens is 1. The number of nitrogens with zero attached hydrogens (tertiary/aromatic N) is 1. The van der Waals surface area contributed by atoms with E-state index >= 15 is 0 Å². The van der Waals surface area contributed by atoms with Crippen LogP contribution in [-0.2, 0) is 6.61 Å². The van der Waals surface area contributed by atoms with Gasteiger partial charge in [0.05, 0.1) is 18.9 Å². The Morgan fingerprint density at radius 3 is 2.85 bits per heavy atom. The van der Waals surface area contributed by atoms with Crippen molar-refractivity contribution in [1.82, 2.24) is 4.98 Å². The molecule has 0 amide bonds. The zero-order valence-electron chi connectivity index (χ0n) is 7.53. The number of aliphatic hydroxyl groups excluding tert-OH is 2. The molecule has 0 spiro atoms. The first-order valence-electron chi connectivity index (χ1n) is 4.08. The van der Waals surface area contributed by atoms with E-state index in [1.54, 1.807) is 12.3 Å². The van der Waals surface area contributed by atoms with Gasteiger partial charge in [0, 0.05) is 11.8 Å². The third-order valence-electron chi connectivity index (χ3n) is 1.76. The largest absolute Gasteiger partial charge is 0.491 e. The van der Waals surface area contributed by atoms with Crippen molar-refractivity contribution in [2.45, 2.75) is 13.5 Å². The lowest BCUT2D eigenvalue weighted by Crippen LogP contribution is -2.04. The Hall–Kier alpha value is -1.13. The van der Waals surface area contributed by atoms with E-state index in [1.165, 1.54) is 0 Å². The minimum atomic E-state index is -0.0951. The van der Waals surface area contributed by atoms with Crippen molar-refractivity contribution in [3.8, 4) is 5.75 Å². The minimum Gasteiger partial charge on any atom is -0.491 e. The van der Waals surface area contributed by atoms with Gasteiger partial charge >= 0.3 is 0 Å². The molecule has 4 heteroatoms. The van der Waals surface area contributed by atoms with Crippen LogP contribution >= 0.6 is 0 Å². The highest BCUT2D eigenvalue weighted by atomic mass is 16.5. The molecule has 1 rings (SSSR count). The lowest BCUT2D eigenvalue weighted by molar-refractivity contribution is 0.199. The third-order valence-corrected chi connectivity index (χ3v) is 1.76. The fraction of sp³-hybridized carbons (Fsp3) is 0.444. The van der Waals surface area contributed by atoms with Gasteiger partial charge in [-0.05, 0) is 13.0 Å². The Kier molecular flexibility index (Phi) is 3.67. The summed E-state index contributed by atoms with van der Waals surface area (Å²) in [5.41, 5.74) is 1.42. The van der Waals surface area contributed by atoms with Gasteiger partial charge in [0.2, 0.25) is 0 Å². The van der Waals surface area contributed by atoms with Crippen LogP contribution in [0.15, 0.2) is 12.3 Å². The van der Waals surface area contributed by atoms with Crippen molar-refractivity contribution in [3.63, 3.8) is 0 Å². The summed E-state index contributed by atoms with van der Waals surface area (Å²) in [7, 11) is 0. The number of rotatable bonds is 4. The van der Waals surface area contributed by atoms with E-state index in [9.17, 15) is 0 Å². The molecule has 1 aromatic rings. The second-order valence-electron chi connectivity index (χ2n) is 2.61. The predicted octanol–water partition coefficient (Wildman–Crippen LogP) is 0.253. The van der Waals surface area contributed by atoms with Gasteiger partial charge < -0.3 is 14.9 Å². The third kappa shape index (κ3) is 2.40. The Balaban J connectivity index is 2.81. The van der Waals surface area contributed by atoms with Gasteiger partial charge in [0.1, 0.15) is 12.4 Å². The van der Waals surface area contributed by atoms with Crippen LogP contribution < -0.4 is 4.74 Å². The summed E-state index contributed by atoms with van der Waals surface area (Å²) in [5.74, 6) is 0.660. The highest BCUT2D eigenvalue weighted by Gasteiger charge is 2.04. The average molecular weight is 183 g/mol. The molecule has 2 N–H and O–H groups in total. The molecule has 0 aliphatic heterocycles. The second-order valence-corrected chi connectivity index (χ2v) is 2.61. The zero-order chi connectivity index (χ0) is 9.68. The number of hydrogen-bond acceptors (Lipinski definition) is 4. The molecule has 72 valence electrons. The van der Waals surface area contributed by atoms with Crippen LogP contribution in [0, 0.1) is 6.92 Å². The topological polar surface area (TPSA) is 62.6 Å². The van der Waals surface area contributed by atoms with Crippen molar-refractivity contribution < 1.29 is 14.9 Å². The first kappa shape index (κ1) is 9.95. The molecule has 0 aromatic carbocycles. The van der Waals surface area contributed by atoms with Crippen LogP contribution in [0.1, 0.15) is 11.3 Å². The van der Waals surface area contributed by atoms with E-state index in [0.29, 0.717) is 11.4 Å². The maximum absolute atomic E-state index is 8.90. The van der Waals surface area contributed by atoms with Gasteiger partial charge in [0.25, 0.3) is 0 Å². The molecule has 0 unspecified atom stereocenters. The van der Waals surface area contributed by atoms with Gasteiger partial charge in [0.15, 0.2) is 0 Å². The smallest absolute Gasteiger partial charge is 0.125 e. The fourth-order valence-electron chi connectivity index (χ4n) is 1.03. The van der Waals surface area contributed by atoms with Gasteiger partial charge in [-0.25, -0.2) is 0 Å². The standard InChI is InChI=1S/C9H13NO3/c1-7-8(6-12)10-3-2-9(7)13-5-4-11/h2-3,11-12H,4-6H2,1H3. The molecule has 1 aromatic heterocycles. The molecule has 0 radical (unpaired) electrons. The molecule has 1 heterocycles. The molecule has 0 atom stereocenters. The molecule has 13 heavy (non-hydrogen) atoms. The van der Waals surface area contributed by atoms with Crippen LogP contribution in [-0.4, -0.2) is 28.4 Å². The van der Waals surface area contributed by atoms with E-state index in [1.807, 2.05) is 6.92 Å². The van der Waals surface area contributed by atoms with Crippen LogP contribution in [0.4, 0.5) is 0 Å². The molecule has 0 saturated heterocycles.